The molecule has 0 saturated carbocycles. The smallest absolute Gasteiger partial charge is 0.223 e. The summed E-state index contributed by atoms with van der Waals surface area (Å²) in [5.41, 5.74) is 1.64. The minimum Gasteiger partial charge on any atom is -0.335 e. The number of amides is 1. The van der Waals surface area contributed by atoms with Crippen LogP contribution in [0.2, 0.25) is 0 Å². The van der Waals surface area contributed by atoms with Crippen molar-refractivity contribution in [2.45, 2.75) is 31.8 Å². The molecule has 0 radical (unpaired) electrons. The number of likely N-dealkylation sites (tertiary alicyclic amines) is 1. The Hall–Kier alpha value is -1.86. The molecule has 1 aromatic rings. The van der Waals surface area contributed by atoms with Gasteiger partial charge in [0.2, 0.25) is 5.91 Å². The number of nitriles is 1. The van der Waals surface area contributed by atoms with Gasteiger partial charge in [-0.15, -0.1) is 0 Å². The fourth-order valence-electron chi connectivity index (χ4n) is 3.41. The lowest BCUT2D eigenvalue weighted by atomic mass is 9.84. The van der Waals surface area contributed by atoms with Crippen molar-refractivity contribution in [2.75, 3.05) is 13.1 Å². The van der Waals surface area contributed by atoms with E-state index in [1.165, 1.54) is 0 Å². The van der Waals surface area contributed by atoms with Gasteiger partial charge < -0.3 is 10.2 Å². The highest BCUT2D eigenvalue weighted by atomic mass is 16.2. The first-order valence-corrected chi connectivity index (χ1v) is 7.28. The second kappa shape index (κ2) is 5.64. The molecule has 4 heteroatoms. The van der Waals surface area contributed by atoms with Crippen molar-refractivity contribution in [1.29, 1.82) is 5.26 Å². The topological polar surface area (TPSA) is 56.1 Å². The summed E-state index contributed by atoms with van der Waals surface area (Å²) in [6, 6.07) is 10.1. The molecule has 2 saturated heterocycles. The quantitative estimate of drug-likeness (QED) is 0.888. The Morgan fingerprint density at radius 3 is 3.05 bits per heavy atom. The Bertz CT molecular complexity index is 549. The molecular weight excluding hydrogens is 250 g/mol. The summed E-state index contributed by atoms with van der Waals surface area (Å²) in [7, 11) is 0. The number of hydrogen-bond donors (Lipinski definition) is 1. The summed E-state index contributed by atoms with van der Waals surface area (Å²) >= 11 is 0. The highest BCUT2D eigenvalue weighted by Crippen LogP contribution is 2.30. The zero-order valence-corrected chi connectivity index (χ0v) is 11.5. The molecule has 0 aliphatic carbocycles. The van der Waals surface area contributed by atoms with Crippen LogP contribution in [0, 0.1) is 17.2 Å². The first-order valence-electron chi connectivity index (χ1n) is 7.28. The van der Waals surface area contributed by atoms with E-state index in [0.29, 0.717) is 30.5 Å². The summed E-state index contributed by atoms with van der Waals surface area (Å²) in [6.45, 7) is 2.56. The van der Waals surface area contributed by atoms with Crippen LogP contribution < -0.4 is 5.32 Å². The highest BCUT2D eigenvalue weighted by Gasteiger charge is 2.37. The van der Waals surface area contributed by atoms with Gasteiger partial charge in [0.05, 0.1) is 11.6 Å². The second-order valence-electron chi connectivity index (χ2n) is 5.65. The summed E-state index contributed by atoms with van der Waals surface area (Å²) in [6.07, 6.45) is 2.65. The number of hydrogen-bond acceptors (Lipinski definition) is 3. The van der Waals surface area contributed by atoms with Crippen molar-refractivity contribution in [3.63, 3.8) is 0 Å². The van der Waals surface area contributed by atoms with E-state index in [1.54, 1.807) is 0 Å². The van der Waals surface area contributed by atoms with Crippen molar-refractivity contribution in [1.82, 2.24) is 10.2 Å². The van der Waals surface area contributed by atoms with Crippen LogP contribution in [0.1, 0.15) is 30.4 Å². The van der Waals surface area contributed by atoms with Crippen LogP contribution in [0.15, 0.2) is 24.3 Å². The molecule has 104 valence electrons. The van der Waals surface area contributed by atoms with Crippen LogP contribution in [-0.4, -0.2) is 29.9 Å². The van der Waals surface area contributed by atoms with Crippen molar-refractivity contribution >= 4 is 5.91 Å². The monoisotopic (exact) mass is 269 g/mol. The van der Waals surface area contributed by atoms with Gasteiger partial charge in [0, 0.05) is 19.0 Å². The molecule has 2 fully saturated rings. The normalized spacial score (nSPS) is 25.9. The first-order chi connectivity index (χ1) is 9.79. The number of nitrogens with one attached hydrogen (secondary N) is 1. The molecule has 1 aromatic carbocycles. The lowest BCUT2D eigenvalue weighted by Gasteiger charge is -2.44. The maximum Gasteiger partial charge on any atom is 0.223 e. The predicted molar refractivity (Wildman–Crippen MR) is 75.7 cm³/mol. The van der Waals surface area contributed by atoms with Gasteiger partial charge in [-0.25, -0.2) is 0 Å². The molecule has 2 atom stereocenters. The van der Waals surface area contributed by atoms with E-state index >= 15 is 0 Å². The van der Waals surface area contributed by atoms with Crippen LogP contribution in [0.25, 0.3) is 0 Å². The number of fused-ring (bicyclic) bond motifs is 1. The summed E-state index contributed by atoms with van der Waals surface area (Å²) in [5.74, 6) is 0.802. The van der Waals surface area contributed by atoms with Crippen molar-refractivity contribution in [2.24, 2.45) is 5.92 Å². The molecule has 0 spiro atoms. The van der Waals surface area contributed by atoms with Gasteiger partial charge >= 0.3 is 0 Å². The first kappa shape index (κ1) is 13.1. The molecule has 20 heavy (non-hydrogen) atoms. The summed E-state index contributed by atoms with van der Waals surface area (Å²) in [5, 5.41) is 12.6. The lowest BCUT2D eigenvalue weighted by Crippen LogP contribution is -2.54. The van der Waals surface area contributed by atoms with Crippen LogP contribution in [0.5, 0.6) is 0 Å². The van der Waals surface area contributed by atoms with Crippen molar-refractivity contribution in [3.05, 3.63) is 35.4 Å². The molecule has 0 bridgehead atoms. The Morgan fingerprint density at radius 2 is 2.20 bits per heavy atom. The Balaban J connectivity index is 1.83. The minimum atomic E-state index is 0.237. The SMILES string of the molecule is N#Cc1ccccc1CN1C(=O)CCC2CNCCC21. The maximum atomic E-state index is 12.3. The summed E-state index contributed by atoms with van der Waals surface area (Å²) < 4.78 is 0. The van der Waals surface area contributed by atoms with Crippen LogP contribution >= 0.6 is 0 Å². The molecule has 3 rings (SSSR count). The third-order valence-corrected chi connectivity index (χ3v) is 4.50. The Morgan fingerprint density at radius 1 is 1.35 bits per heavy atom. The molecule has 2 heterocycles. The molecule has 1 amide bonds. The van der Waals surface area contributed by atoms with E-state index in [4.69, 9.17) is 0 Å². The van der Waals surface area contributed by atoms with E-state index < -0.39 is 0 Å². The third kappa shape index (κ3) is 2.41. The van der Waals surface area contributed by atoms with Crippen LogP contribution in [0.4, 0.5) is 0 Å². The van der Waals surface area contributed by atoms with Crippen LogP contribution in [-0.2, 0) is 11.3 Å². The largest absolute Gasteiger partial charge is 0.335 e. The summed E-state index contributed by atoms with van der Waals surface area (Å²) in [4.78, 5) is 14.3. The van der Waals surface area contributed by atoms with E-state index in [1.807, 2.05) is 29.2 Å². The van der Waals surface area contributed by atoms with Crippen molar-refractivity contribution < 1.29 is 4.79 Å². The minimum absolute atomic E-state index is 0.237. The van der Waals surface area contributed by atoms with Gasteiger partial charge in [-0.05, 0) is 43.5 Å². The lowest BCUT2D eigenvalue weighted by molar-refractivity contribution is -0.140. The Labute approximate surface area is 119 Å². The number of carbonyl (C=O) groups excluding carboxylic acids is 1. The van der Waals surface area contributed by atoms with E-state index in [2.05, 4.69) is 11.4 Å². The number of benzene rings is 1. The highest BCUT2D eigenvalue weighted by molar-refractivity contribution is 5.77. The molecule has 0 aromatic heterocycles. The fraction of sp³-hybridized carbons (Fsp3) is 0.500. The molecule has 2 aliphatic rings. The average Bonchev–Trinajstić information content (AvgIpc) is 2.50. The third-order valence-electron chi connectivity index (χ3n) is 4.50. The molecule has 1 N–H and O–H groups in total. The number of carbonyl (C=O) groups is 1. The number of nitrogens with zero attached hydrogens (tertiary/aromatic N) is 2. The fourth-order valence-corrected chi connectivity index (χ4v) is 3.41. The van der Waals surface area contributed by atoms with Crippen LogP contribution in [0.3, 0.4) is 0 Å². The van der Waals surface area contributed by atoms with Crippen molar-refractivity contribution in [3.8, 4) is 6.07 Å². The molecule has 2 unspecified atom stereocenters. The zero-order valence-electron chi connectivity index (χ0n) is 11.5. The number of rotatable bonds is 2. The second-order valence-corrected chi connectivity index (χ2v) is 5.65. The number of piperidine rings is 2. The molecular formula is C16H19N3O. The van der Waals surface area contributed by atoms with E-state index in [0.717, 1.165) is 31.5 Å². The van der Waals surface area contributed by atoms with Gasteiger partial charge in [-0.3, -0.25) is 4.79 Å². The van der Waals surface area contributed by atoms with Gasteiger partial charge in [-0.1, -0.05) is 18.2 Å². The van der Waals surface area contributed by atoms with E-state index in [9.17, 15) is 10.1 Å². The van der Waals surface area contributed by atoms with Gasteiger partial charge in [-0.2, -0.15) is 5.26 Å². The zero-order chi connectivity index (χ0) is 13.9. The Kier molecular flexibility index (Phi) is 3.70. The maximum absolute atomic E-state index is 12.3. The van der Waals surface area contributed by atoms with Gasteiger partial charge in [0.1, 0.15) is 0 Å². The molecule has 4 nitrogen and oxygen atoms in total. The molecule has 2 aliphatic heterocycles. The van der Waals surface area contributed by atoms with E-state index in [-0.39, 0.29) is 5.91 Å². The average molecular weight is 269 g/mol. The predicted octanol–water partition coefficient (Wildman–Crippen LogP) is 1.66. The van der Waals surface area contributed by atoms with Gasteiger partial charge in [0.25, 0.3) is 0 Å². The van der Waals surface area contributed by atoms with Gasteiger partial charge in [0.15, 0.2) is 0 Å². The standard InChI is InChI=1S/C16H19N3O/c17-9-12-3-1-2-4-14(12)11-19-15-7-8-18-10-13(15)5-6-16(19)20/h1-4,13,15,18H,5-8,10-11H2.